The molecule has 1 aromatic carbocycles. The lowest BCUT2D eigenvalue weighted by molar-refractivity contribution is 0.0927. The number of hydrogen-bond acceptors (Lipinski definition) is 5. The highest BCUT2D eigenvalue weighted by atomic mass is 35.5. The van der Waals surface area contributed by atoms with E-state index in [1.807, 2.05) is 29.1 Å². The molecule has 1 atom stereocenters. The fourth-order valence-corrected chi connectivity index (χ4v) is 4.65. The predicted molar refractivity (Wildman–Crippen MR) is 119 cm³/mol. The Kier molecular flexibility index (Phi) is 5.59. The van der Waals surface area contributed by atoms with Crippen molar-refractivity contribution in [3.8, 4) is 0 Å². The van der Waals surface area contributed by atoms with Crippen LogP contribution in [0.15, 0.2) is 42.7 Å². The normalized spacial score (nSPS) is 18.1. The van der Waals surface area contributed by atoms with E-state index in [9.17, 15) is 4.79 Å². The average molecular weight is 437 g/mol. The van der Waals surface area contributed by atoms with Crippen molar-refractivity contribution in [1.82, 2.24) is 25.1 Å². The maximum Gasteiger partial charge on any atom is 0.272 e. The third-order valence-corrected chi connectivity index (χ3v) is 6.36. The fraction of sp³-hybridized carbons (Fsp3) is 0.391. The zero-order valence-corrected chi connectivity index (χ0v) is 18.1. The van der Waals surface area contributed by atoms with E-state index in [2.05, 4.69) is 37.4 Å². The molecule has 0 spiro atoms. The molecular formula is C23H25ClN6O. The second-order valence-electron chi connectivity index (χ2n) is 8.17. The molecule has 1 aliphatic heterocycles. The van der Waals surface area contributed by atoms with Crippen molar-refractivity contribution in [3.05, 3.63) is 70.3 Å². The van der Waals surface area contributed by atoms with E-state index < -0.39 is 0 Å². The van der Waals surface area contributed by atoms with Crippen molar-refractivity contribution in [2.75, 3.05) is 18.0 Å². The number of amides is 1. The summed E-state index contributed by atoms with van der Waals surface area (Å²) in [4.78, 5) is 24.0. The molecule has 1 amide bonds. The Morgan fingerprint density at radius 3 is 2.74 bits per heavy atom. The van der Waals surface area contributed by atoms with Crippen LogP contribution in [0.2, 0.25) is 5.02 Å². The van der Waals surface area contributed by atoms with Gasteiger partial charge < -0.3 is 10.2 Å². The molecule has 1 fully saturated rings. The molecule has 7 nitrogen and oxygen atoms in total. The summed E-state index contributed by atoms with van der Waals surface area (Å²) in [6, 6.07) is 10.2. The van der Waals surface area contributed by atoms with Crippen LogP contribution in [0.1, 0.15) is 59.0 Å². The number of rotatable bonds is 5. The highest BCUT2D eigenvalue weighted by Gasteiger charge is 2.27. The monoisotopic (exact) mass is 436 g/mol. The average Bonchev–Trinajstić information content (AvgIpc) is 3.46. The Bertz CT molecular complexity index is 1080. The van der Waals surface area contributed by atoms with Gasteiger partial charge >= 0.3 is 0 Å². The summed E-state index contributed by atoms with van der Waals surface area (Å²) < 4.78 is 2.05. The molecule has 0 radical (unpaired) electrons. The highest BCUT2D eigenvalue weighted by molar-refractivity contribution is 6.33. The van der Waals surface area contributed by atoms with E-state index in [0.717, 1.165) is 57.3 Å². The summed E-state index contributed by atoms with van der Waals surface area (Å²) in [6.07, 6.45) is 8.48. The van der Waals surface area contributed by atoms with Gasteiger partial charge in [-0.25, -0.2) is 9.97 Å². The van der Waals surface area contributed by atoms with Gasteiger partial charge in [0.05, 0.1) is 30.0 Å². The molecule has 3 aromatic rings. The van der Waals surface area contributed by atoms with E-state index in [4.69, 9.17) is 11.6 Å². The van der Waals surface area contributed by atoms with Gasteiger partial charge in [-0.3, -0.25) is 9.48 Å². The third-order valence-electron chi connectivity index (χ3n) is 6.08. The SMILES string of the molecule is O=C(N[C@H]1CCCc2c1cnn2Cc1ccccc1)c1nc(N2CCCC2)ncc1Cl. The lowest BCUT2D eigenvalue weighted by atomic mass is 9.92. The first-order valence-electron chi connectivity index (χ1n) is 10.9. The summed E-state index contributed by atoms with van der Waals surface area (Å²) in [5, 5.41) is 8.03. The molecule has 1 N–H and O–H groups in total. The summed E-state index contributed by atoms with van der Waals surface area (Å²) in [6.45, 7) is 2.55. The Balaban J connectivity index is 1.35. The Hall–Kier alpha value is -2.93. The molecular weight excluding hydrogens is 412 g/mol. The lowest BCUT2D eigenvalue weighted by Gasteiger charge is -2.24. The van der Waals surface area contributed by atoms with Crippen LogP contribution in [-0.2, 0) is 13.0 Å². The first kappa shape index (κ1) is 20.0. The quantitative estimate of drug-likeness (QED) is 0.658. The van der Waals surface area contributed by atoms with Crippen molar-refractivity contribution in [1.29, 1.82) is 0 Å². The van der Waals surface area contributed by atoms with Crippen molar-refractivity contribution >= 4 is 23.5 Å². The number of anilines is 1. The number of carbonyl (C=O) groups excluding carboxylic acids is 1. The molecule has 3 heterocycles. The molecule has 31 heavy (non-hydrogen) atoms. The van der Waals surface area contributed by atoms with E-state index in [0.29, 0.717) is 5.95 Å². The van der Waals surface area contributed by atoms with E-state index in [-0.39, 0.29) is 22.7 Å². The molecule has 5 rings (SSSR count). The second-order valence-corrected chi connectivity index (χ2v) is 8.58. The van der Waals surface area contributed by atoms with Crippen LogP contribution in [0.5, 0.6) is 0 Å². The van der Waals surface area contributed by atoms with Gasteiger partial charge in [0.15, 0.2) is 5.69 Å². The Morgan fingerprint density at radius 2 is 1.94 bits per heavy atom. The topological polar surface area (TPSA) is 75.9 Å². The first-order chi connectivity index (χ1) is 15.2. The molecule has 0 unspecified atom stereocenters. The minimum Gasteiger partial charge on any atom is -0.344 e. The zero-order valence-electron chi connectivity index (χ0n) is 17.3. The maximum atomic E-state index is 13.1. The minimum absolute atomic E-state index is 0.0953. The van der Waals surface area contributed by atoms with Gasteiger partial charge in [0.2, 0.25) is 5.95 Å². The fourth-order valence-electron chi connectivity index (χ4n) is 4.47. The van der Waals surface area contributed by atoms with E-state index in [1.54, 1.807) is 0 Å². The predicted octanol–water partition coefficient (Wildman–Crippen LogP) is 3.78. The lowest BCUT2D eigenvalue weighted by Crippen LogP contribution is -2.32. The van der Waals surface area contributed by atoms with Crippen LogP contribution in [0.3, 0.4) is 0 Å². The smallest absolute Gasteiger partial charge is 0.272 e. The number of nitrogens with zero attached hydrogens (tertiary/aromatic N) is 5. The standard InChI is InChI=1S/C23H25ClN6O/c24-18-14-25-23(29-11-4-5-12-29)28-21(18)22(31)27-19-9-6-10-20-17(19)13-26-30(20)15-16-7-2-1-3-8-16/h1-3,7-8,13-14,19H,4-6,9-12,15H2,(H,27,31)/t19-/m0/s1. The minimum atomic E-state index is -0.262. The van der Waals surface area contributed by atoms with Gasteiger partial charge in [-0.2, -0.15) is 5.10 Å². The number of benzene rings is 1. The van der Waals surface area contributed by atoms with Crippen LogP contribution in [-0.4, -0.2) is 38.7 Å². The molecule has 2 aromatic heterocycles. The van der Waals surface area contributed by atoms with Gasteiger partial charge in [-0.1, -0.05) is 41.9 Å². The zero-order chi connectivity index (χ0) is 21.2. The molecule has 0 saturated carbocycles. The van der Waals surface area contributed by atoms with Gasteiger partial charge in [0, 0.05) is 24.3 Å². The van der Waals surface area contributed by atoms with Crippen LogP contribution in [0.4, 0.5) is 5.95 Å². The van der Waals surface area contributed by atoms with Crippen molar-refractivity contribution < 1.29 is 4.79 Å². The van der Waals surface area contributed by atoms with E-state index >= 15 is 0 Å². The van der Waals surface area contributed by atoms with Gasteiger partial charge in [0.1, 0.15) is 0 Å². The number of hydrogen-bond donors (Lipinski definition) is 1. The number of halogens is 1. The highest BCUT2D eigenvalue weighted by Crippen LogP contribution is 2.30. The van der Waals surface area contributed by atoms with Crippen molar-refractivity contribution in [2.45, 2.75) is 44.7 Å². The molecule has 0 bridgehead atoms. The molecule has 160 valence electrons. The Labute approximate surface area is 186 Å². The van der Waals surface area contributed by atoms with Crippen LogP contribution >= 0.6 is 11.6 Å². The summed E-state index contributed by atoms with van der Waals surface area (Å²) >= 11 is 6.29. The molecule has 1 saturated heterocycles. The van der Waals surface area contributed by atoms with Gasteiger partial charge in [0.25, 0.3) is 5.91 Å². The summed E-state index contributed by atoms with van der Waals surface area (Å²) in [7, 11) is 0. The first-order valence-corrected chi connectivity index (χ1v) is 11.2. The van der Waals surface area contributed by atoms with Crippen LogP contribution in [0, 0.1) is 0 Å². The van der Waals surface area contributed by atoms with Crippen molar-refractivity contribution in [2.24, 2.45) is 0 Å². The number of carbonyl (C=O) groups is 1. The Morgan fingerprint density at radius 1 is 1.13 bits per heavy atom. The molecule has 2 aliphatic rings. The second kappa shape index (κ2) is 8.67. The summed E-state index contributed by atoms with van der Waals surface area (Å²) in [5.41, 5.74) is 3.72. The number of fused-ring (bicyclic) bond motifs is 1. The maximum absolute atomic E-state index is 13.1. The molecule has 1 aliphatic carbocycles. The largest absolute Gasteiger partial charge is 0.344 e. The van der Waals surface area contributed by atoms with Crippen molar-refractivity contribution in [3.63, 3.8) is 0 Å². The summed E-state index contributed by atoms with van der Waals surface area (Å²) in [5.74, 6) is 0.313. The number of nitrogens with one attached hydrogen (secondary N) is 1. The van der Waals surface area contributed by atoms with Gasteiger partial charge in [-0.05, 0) is 37.7 Å². The third kappa shape index (κ3) is 4.14. The number of aromatic nitrogens is 4. The van der Waals surface area contributed by atoms with E-state index in [1.165, 1.54) is 17.5 Å². The van der Waals surface area contributed by atoms with Crippen LogP contribution in [0.25, 0.3) is 0 Å². The van der Waals surface area contributed by atoms with Gasteiger partial charge in [-0.15, -0.1) is 0 Å². The van der Waals surface area contributed by atoms with Crippen LogP contribution < -0.4 is 10.2 Å². The molecule has 8 heteroatoms.